The van der Waals surface area contributed by atoms with Crippen LogP contribution in [0, 0.1) is 0 Å². The van der Waals surface area contributed by atoms with E-state index in [0.29, 0.717) is 31.6 Å². The highest BCUT2D eigenvalue weighted by Crippen LogP contribution is 2.05. The molecular weight excluding hydrogens is 412 g/mol. The lowest BCUT2D eigenvalue weighted by atomic mass is 10.1. The van der Waals surface area contributed by atoms with Crippen LogP contribution in [0.25, 0.3) is 0 Å². The highest BCUT2D eigenvalue weighted by molar-refractivity contribution is 5.89. The number of carbonyl (C=O) groups is 3. The highest BCUT2D eigenvalue weighted by atomic mass is 16.5. The van der Waals surface area contributed by atoms with Gasteiger partial charge in [0.2, 0.25) is 5.91 Å². The number of nitrogens with one attached hydrogen (secondary N) is 1. The summed E-state index contributed by atoms with van der Waals surface area (Å²) in [4.78, 5) is 33.4. The Morgan fingerprint density at radius 1 is 0.938 bits per heavy atom. The predicted molar refractivity (Wildman–Crippen MR) is 122 cm³/mol. The minimum absolute atomic E-state index is 0.204. The molecule has 174 valence electrons. The minimum Gasteiger partial charge on any atom is -0.478 e. The summed E-state index contributed by atoms with van der Waals surface area (Å²) >= 11 is 0. The van der Waals surface area contributed by atoms with Crippen molar-refractivity contribution in [3.05, 3.63) is 70.8 Å². The number of carboxylic acids is 1. The Morgan fingerprint density at radius 3 is 2.00 bits per heavy atom. The first-order valence-electron chi connectivity index (χ1n) is 10.2. The Kier molecular flexibility index (Phi) is 12.3. The molecule has 0 aliphatic carbocycles. The van der Waals surface area contributed by atoms with Gasteiger partial charge in [-0.15, -0.1) is 0 Å². The molecular formula is C23H32N4O5. The lowest BCUT2D eigenvalue weighted by Gasteiger charge is -2.12. The Labute approximate surface area is 187 Å². The monoisotopic (exact) mass is 444 g/mol. The maximum absolute atomic E-state index is 11.7. The molecule has 0 aromatic heterocycles. The summed E-state index contributed by atoms with van der Waals surface area (Å²) in [5.41, 5.74) is 19.1. The Balaban J connectivity index is 0.000000363. The van der Waals surface area contributed by atoms with E-state index < -0.39 is 12.0 Å². The van der Waals surface area contributed by atoms with Crippen molar-refractivity contribution in [3.8, 4) is 0 Å². The highest BCUT2D eigenvalue weighted by Gasteiger charge is 2.12. The zero-order valence-electron chi connectivity index (χ0n) is 18.3. The largest absolute Gasteiger partial charge is 0.478 e. The molecule has 2 rings (SSSR count). The molecule has 32 heavy (non-hydrogen) atoms. The summed E-state index contributed by atoms with van der Waals surface area (Å²) in [5, 5.41) is 11.5. The second-order valence-electron chi connectivity index (χ2n) is 7.00. The van der Waals surface area contributed by atoms with E-state index in [1.165, 1.54) is 19.2 Å². The lowest BCUT2D eigenvalue weighted by molar-refractivity contribution is -0.122. The predicted octanol–water partition coefficient (Wildman–Crippen LogP) is 1.39. The number of hydrogen-bond acceptors (Lipinski definition) is 7. The summed E-state index contributed by atoms with van der Waals surface area (Å²) in [7, 11) is 1.36. The number of ether oxygens (including phenoxy) is 1. The fourth-order valence-electron chi connectivity index (χ4n) is 2.62. The van der Waals surface area contributed by atoms with Crippen LogP contribution in [-0.4, -0.2) is 42.6 Å². The average molecular weight is 445 g/mol. The normalized spacial score (nSPS) is 11.0. The van der Waals surface area contributed by atoms with Gasteiger partial charge < -0.3 is 32.4 Å². The standard InChI is InChI=1S/C14H21N3O3.C9H11NO2/c15-8-2-1-3-12(16)13(18)17-9-10-4-6-11(7-5-10)14(19)20;1-12-9(11)8-4-2-7(6-10)3-5-8/h4-7,12H,1-3,8-9,15-16H2,(H,17,18)(H,19,20);2-5H,6,10H2,1H3. The van der Waals surface area contributed by atoms with Crippen LogP contribution in [0.4, 0.5) is 0 Å². The van der Waals surface area contributed by atoms with Crippen molar-refractivity contribution in [1.82, 2.24) is 5.32 Å². The van der Waals surface area contributed by atoms with E-state index in [-0.39, 0.29) is 17.4 Å². The average Bonchev–Trinajstić information content (AvgIpc) is 2.82. The number of benzene rings is 2. The topological polar surface area (TPSA) is 171 Å². The second kappa shape index (κ2) is 14.7. The molecule has 2 aromatic rings. The number of nitrogens with two attached hydrogens (primary N) is 3. The number of esters is 1. The second-order valence-corrected chi connectivity index (χ2v) is 7.00. The number of carbonyl (C=O) groups excluding carboxylic acids is 2. The first-order valence-corrected chi connectivity index (χ1v) is 10.2. The van der Waals surface area contributed by atoms with Gasteiger partial charge in [-0.05, 0) is 54.8 Å². The van der Waals surface area contributed by atoms with Crippen LogP contribution in [0.3, 0.4) is 0 Å². The van der Waals surface area contributed by atoms with Crippen molar-refractivity contribution in [3.63, 3.8) is 0 Å². The Morgan fingerprint density at radius 2 is 1.50 bits per heavy atom. The summed E-state index contributed by atoms with van der Waals surface area (Å²) < 4.78 is 4.54. The molecule has 0 aliphatic rings. The molecule has 0 fully saturated rings. The number of aromatic carboxylic acids is 1. The number of amides is 1. The van der Waals surface area contributed by atoms with Gasteiger partial charge in [-0.25, -0.2) is 9.59 Å². The van der Waals surface area contributed by atoms with E-state index in [4.69, 9.17) is 22.3 Å². The van der Waals surface area contributed by atoms with Gasteiger partial charge in [-0.2, -0.15) is 0 Å². The third-order valence-corrected chi connectivity index (χ3v) is 4.58. The summed E-state index contributed by atoms with van der Waals surface area (Å²) in [5.74, 6) is -1.49. The van der Waals surface area contributed by atoms with Gasteiger partial charge in [0.05, 0.1) is 24.3 Å². The van der Waals surface area contributed by atoms with Gasteiger partial charge in [-0.3, -0.25) is 4.79 Å². The molecule has 1 atom stereocenters. The molecule has 0 radical (unpaired) electrons. The molecule has 9 nitrogen and oxygen atoms in total. The van der Waals surface area contributed by atoms with Gasteiger partial charge in [0, 0.05) is 13.1 Å². The van der Waals surface area contributed by atoms with Gasteiger partial charge in [0.1, 0.15) is 0 Å². The number of rotatable bonds is 10. The van der Waals surface area contributed by atoms with Crippen molar-refractivity contribution < 1.29 is 24.2 Å². The molecule has 0 bridgehead atoms. The molecule has 1 amide bonds. The van der Waals surface area contributed by atoms with Crippen LogP contribution in [0.5, 0.6) is 0 Å². The molecule has 0 heterocycles. The molecule has 0 aliphatic heterocycles. The molecule has 8 N–H and O–H groups in total. The number of hydrogen-bond donors (Lipinski definition) is 5. The number of carboxylic acid groups (broad SMARTS) is 1. The zero-order valence-corrected chi connectivity index (χ0v) is 18.3. The summed E-state index contributed by atoms with van der Waals surface area (Å²) in [6.45, 7) is 1.43. The van der Waals surface area contributed by atoms with E-state index in [9.17, 15) is 14.4 Å². The Hall–Kier alpha value is -3.27. The van der Waals surface area contributed by atoms with Gasteiger partial charge >= 0.3 is 11.9 Å². The van der Waals surface area contributed by atoms with E-state index in [0.717, 1.165) is 24.0 Å². The Bertz CT molecular complexity index is 854. The lowest BCUT2D eigenvalue weighted by Crippen LogP contribution is -2.40. The molecule has 0 saturated carbocycles. The van der Waals surface area contributed by atoms with Gasteiger partial charge in [-0.1, -0.05) is 30.7 Å². The quantitative estimate of drug-likeness (QED) is 0.270. The van der Waals surface area contributed by atoms with Crippen LogP contribution < -0.4 is 22.5 Å². The fraction of sp³-hybridized carbons (Fsp3) is 0.348. The van der Waals surface area contributed by atoms with Crippen LogP contribution in [0.2, 0.25) is 0 Å². The van der Waals surface area contributed by atoms with E-state index >= 15 is 0 Å². The molecule has 9 heteroatoms. The minimum atomic E-state index is -0.970. The maximum atomic E-state index is 11.7. The SMILES string of the molecule is COC(=O)c1ccc(CN)cc1.NCCCCC(N)C(=O)NCc1ccc(C(=O)O)cc1. The van der Waals surface area contributed by atoms with Crippen LogP contribution >= 0.6 is 0 Å². The number of methoxy groups -OCH3 is 1. The molecule has 0 saturated heterocycles. The smallest absolute Gasteiger partial charge is 0.337 e. The van der Waals surface area contributed by atoms with Gasteiger partial charge in [0.15, 0.2) is 0 Å². The van der Waals surface area contributed by atoms with Crippen LogP contribution in [0.15, 0.2) is 48.5 Å². The number of unbranched alkanes of at least 4 members (excludes halogenated alkanes) is 1. The van der Waals surface area contributed by atoms with E-state index in [1.807, 2.05) is 12.1 Å². The van der Waals surface area contributed by atoms with Crippen molar-refractivity contribution in [2.45, 2.75) is 38.4 Å². The van der Waals surface area contributed by atoms with Crippen molar-refractivity contribution in [1.29, 1.82) is 0 Å². The fourth-order valence-corrected chi connectivity index (χ4v) is 2.62. The van der Waals surface area contributed by atoms with Crippen molar-refractivity contribution in [2.24, 2.45) is 17.2 Å². The zero-order chi connectivity index (χ0) is 23.9. The maximum Gasteiger partial charge on any atom is 0.337 e. The van der Waals surface area contributed by atoms with Crippen LogP contribution in [0.1, 0.15) is 51.1 Å². The van der Waals surface area contributed by atoms with Gasteiger partial charge in [0.25, 0.3) is 0 Å². The van der Waals surface area contributed by atoms with Crippen LogP contribution in [-0.2, 0) is 22.6 Å². The van der Waals surface area contributed by atoms with E-state index in [1.54, 1.807) is 24.3 Å². The van der Waals surface area contributed by atoms with Crippen molar-refractivity contribution >= 4 is 17.8 Å². The van der Waals surface area contributed by atoms with Crippen molar-refractivity contribution in [2.75, 3.05) is 13.7 Å². The molecule has 0 spiro atoms. The third kappa shape index (κ3) is 9.69. The summed E-state index contributed by atoms with van der Waals surface area (Å²) in [6, 6.07) is 12.9. The van der Waals surface area contributed by atoms with E-state index in [2.05, 4.69) is 10.1 Å². The molecule has 2 aromatic carbocycles. The summed E-state index contributed by atoms with van der Waals surface area (Å²) in [6.07, 6.45) is 2.30. The third-order valence-electron chi connectivity index (χ3n) is 4.58. The first-order chi connectivity index (χ1) is 15.3. The first kappa shape index (κ1) is 26.8. The molecule has 1 unspecified atom stereocenters.